The number of rotatable bonds is 5. The van der Waals surface area contributed by atoms with Gasteiger partial charge in [-0.25, -0.2) is 9.97 Å². The van der Waals surface area contributed by atoms with Crippen molar-refractivity contribution in [3.05, 3.63) is 77.7 Å². The van der Waals surface area contributed by atoms with Crippen molar-refractivity contribution in [2.75, 3.05) is 32.9 Å². The first-order valence-electron chi connectivity index (χ1n) is 12.6. The molecule has 5 rings (SSSR count). The topological polar surface area (TPSA) is 80.3 Å². The van der Waals surface area contributed by atoms with Crippen LogP contribution in [-0.2, 0) is 7.05 Å². The Labute approximate surface area is 212 Å². The number of aryl methyl sites for hydroxylation is 1. The number of nitrogen functional groups attached to an aromatic ring is 1. The lowest BCUT2D eigenvalue weighted by Gasteiger charge is -2.36. The first kappa shape index (κ1) is 24.0. The first-order valence-corrected chi connectivity index (χ1v) is 12.6. The van der Waals surface area contributed by atoms with Gasteiger partial charge >= 0.3 is 0 Å². The maximum atomic E-state index is 12.2. The molecule has 4 heterocycles. The predicted molar refractivity (Wildman–Crippen MR) is 145 cm³/mol. The van der Waals surface area contributed by atoms with Gasteiger partial charge in [-0.1, -0.05) is 12.1 Å². The Balaban J connectivity index is 1.32. The highest BCUT2D eigenvalue weighted by molar-refractivity contribution is 5.94. The largest absolute Gasteiger partial charge is 0.384 e. The highest BCUT2D eigenvalue weighted by Crippen LogP contribution is 2.36. The van der Waals surface area contributed by atoms with Crippen molar-refractivity contribution in [2.24, 2.45) is 7.05 Å². The fourth-order valence-corrected chi connectivity index (χ4v) is 5.42. The van der Waals surface area contributed by atoms with Gasteiger partial charge in [0.2, 0.25) is 0 Å². The number of nitrogens with two attached hydrogens (primary N) is 1. The van der Waals surface area contributed by atoms with Crippen LogP contribution in [0.2, 0.25) is 0 Å². The number of carbonyl (C=O) groups excluding carboxylic acids is 1. The molecule has 0 spiro atoms. The monoisotopic (exact) mass is 482 g/mol. The van der Waals surface area contributed by atoms with E-state index in [0.717, 1.165) is 53.7 Å². The molecule has 0 saturated carbocycles. The highest BCUT2D eigenvalue weighted by Gasteiger charge is 2.27. The average Bonchev–Trinajstić information content (AvgIpc) is 3.25. The number of benzene rings is 1. The summed E-state index contributed by atoms with van der Waals surface area (Å²) < 4.78 is 2.22. The van der Waals surface area contributed by atoms with Crippen LogP contribution in [0.5, 0.6) is 0 Å². The number of nitrogens with zero attached hydrogens (tertiary/aromatic N) is 5. The molecule has 1 saturated heterocycles. The number of likely N-dealkylation sites (tertiary alicyclic amines) is 1. The Morgan fingerprint density at radius 3 is 2.42 bits per heavy atom. The average molecular weight is 483 g/mol. The third-order valence-electron chi connectivity index (χ3n) is 7.60. The molecule has 4 aromatic rings. The lowest BCUT2D eigenvalue weighted by molar-refractivity contribution is 0.0827. The molecule has 3 aromatic heterocycles. The third kappa shape index (κ3) is 4.46. The minimum atomic E-state index is 0.0467. The number of aromatic nitrogens is 3. The van der Waals surface area contributed by atoms with Gasteiger partial charge in [0, 0.05) is 61.8 Å². The summed E-state index contributed by atoms with van der Waals surface area (Å²) in [6.07, 6.45) is 5.91. The molecule has 7 heteroatoms. The van der Waals surface area contributed by atoms with Crippen molar-refractivity contribution in [1.82, 2.24) is 24.3 Å². The Morgan fingerprint density at radius 2 is 1.78 bits per heavy atom. The molecular formula is C29H34N6O. The Morgan fingerprint density at radius 1 is 1.06 bits per heavy atom. The molecule has 0 unspecified atom stereocenters. The Bertz CT molecular complexity index is 1370. The summed E-state index contributed by atoms with van der Waals surface area (Å²) in [4.78, 5) is 25.3. The summed E-state index contributed by atoms with van der Waals surface area (Å²) in [5.41, 5.74) is 12.3. The van der Waals surface area contributed by atoms with Crippen molar-refractivity contribution < 1.29 is 4.79 Å². The molecule has 1 fully saturated rings. The summed E-state index contributed by atoms with van der Waals surface area (Å²) >= 11 is 0. The van der Waals surface area contributed by atoms with Gasteiger partial charge in [-0.3, -0.25) is 9.69 Å². The van der Waals surface area contributed by atoms with E-state index in [1.54, 1.807) is 19.0 Å². The molecule has 0 aliphatic carbocycles. The van der Waals surface area contributed by atoms with Gasteiger partial charge in [-0.2, -0.15) is 0 Å². The van der Waals surface area contributed by atoms with E-state index in [-0.39, 0.29) is 11.9 Å². The second-order valence-electron chi connectivity index (χ2n) is 10.0. The van der Waals surface area contributed by atoms with Crippen LogP contribution >= 0.6 is 0 Å². The van der Waals surface area contributed by atoms with Gasteiger partial charge in [0.1, 0.15) is 11.5 Å². The van der Waals surface area contributed by atoms with Crippen LogP contribution in [0.1, 0.15) is 53.3 Å². The van der Waals surface area contributed by atoms with E-state index in [9.17, 15) is 4.79 Å². The van der Waals surface area contributed by atoms with E-state index < -0.39 is 0 Å². The summed E-state index contributed by atoms with van der Waals surface area (Å²) in [5, 5.41) is 1.13. The number of amides is 1. The van der Waals surface area contributed by atoms with E-state index in [1.165, 1.54) is 11.3 Å². The zero-order valence-electron chi connectivity index (χ0n) is 21.5. The summed E-state index contributed by atoms with van der Waals surface area (Å²) in [6, 6.07) is 16.6. The lowest BCUT2D eigenvalue weighted by Crippen LogP contribution is -2.35. The minimum absolute atomic E-state index is 0.0467. The van der Waals surface area contributed by atoms with Crippen LogP contribution in [0.25, 0.3) is 22.2 Å². The number of fused-ring (bicyclic) bond motifs is 1. The van der Waals surface area contributed by atoms with E-state index in [0.29, 0.717) is 11.7 Å². The number of piperidine rings is 1. The van der Waals surface area contributed by atoms with Gasteiger partial charge in [-0.15, -0.1) is 0 Å². The Hall–Kier alpha value is -3.71. The second-order valence-corrected chi connectivity index (χ2v) is 10.0. The predicted octanol–water partition coefficient (Wildman–Crippen LogP) is 4.86. The quantitative estimate of drug-likeness (QED) is 0.439. The highest BCUT2D eigenvalue weighted by atomic mass is 16.2. The third-order valence-corrected chi connectivity index (χ3v) is 7.60. The van der Waals surface area contributed by atoms with Crippen molar-refractivity contribution >= 4 is 22.8 Å². The fraction of sp³-hybridized carbons (Fsp3) is 0.345. The zero-order chi connectivity index (χ0) is 25.4. The smallest absolute Gasteiger partial charge is 0.253 e. The number of carbonyl (C=O) groups is 1. The molecule has 1 aliphatic heterocycles. The molecule has 1 aromatic carbocycles. The van der Waals surface area contributed by atoms with E-state index >= 15 is 0 Å². The first-order chi connectivity index (χ1) is 17.3. The zero-order valence-corrected chi connectivity index (χ0v) is 21.5. The molecule has 0 bridgehead atoms. The van der Waals surface area contributed by atoms with Crippen LogP contribution in [-0.4, -0.2) is 57.4 Å². The molecule has 0 radical (unpaired) electrons. The van der Waals surface area contributed by atoms with Gasteiger partial charge in [0.25, 0.3) is 5.91 Å². The van der Waals surface area contributed by atoms with E-state index in [4.69, 9.17) is 5.73 Å². The van der Waals surface area contributed by atoms with Crippen LogP contribution in [0, 0.1) is 0 Å². The van der Waals surface area contributed by atoms with Crippen molar-refractivity contribution in [3.63, 3.8) is 0 Å². The number of hydrogen-bond donors (Lipinski definition) is 1. The fourth-order valence-electron chi connectivity index (χ4n) is 5.42. The molecule has 7 nitrogen and oxygen atoms in total. The summed E-state index contributed by atoms with van der Waals surface area (Å²) in [6.45, 7) is 4.36. The van der Waals surface area contributed by atoms with Crippen molar-refractivity contribution in [2.45, 2.75) is 31.7 Å². The van der Waals surface area contributed by atoms with Gasteiger partial charge < -0.3 is 15.2 Å². The number of pyridine rings is 2. The maximum absolute atomic E-state index is 12.2. The minimum Gasteiger partial charge on any atom is -0.384 e. The molecular weight excluding hydrogens is 448 g/mol. The molecule has 186 valence electrons. The standard InChI is InChI=1S/C29H34N6O/c1-19(35-15-12-21(13-16-35)20-5-7-22(8-6-20)29(36)33(2)3)26-17-25-24(11-14-31-28(25)34(26)4)23-9-10-27(30)32-18-23/h5-11,14,17-19,21H,12-13,15-16H2,1-4H3,(H2,30,32)/t19-/m0/s1. The van der Waals surface area contributed by atoms with E-state index in [2.05, 4.69) is 51.6 Å². The second kappa shape index (κ2) is 9.74. The van der Waals surface area contributed by atoms with Crippen LogP contribution in [0.3, 0.4) is 0 Å². The summed E-state index contributed by atoms with van der Waals surface area (Å²) in [7, 11) is 5.68. The summed E-state index contributed by atoms with van der Waals surface area (Å²) in [5.74, 6) is 1.09. The SMILES string of the molecule is C[C@@H](c1cc2c(-c3ccc(N)nc3)ccnc2n1C)N1CCC(c2ccc(C(=O)N(C)C)cc2)CC1. The maximum Gasteiger partial charge on any atom is 0.253 e. The van der Waals surface area contributed by atoms with Crippen molar-refractivity contribution in [3.8, 4) is 11.1 Å². The van der Waals surface area contributed by atoms with Crippen LogP contribution in [0.15, 0.2) is 60.9 Å². The van der Waals surface area contributed by atoms with Gasteiger partial charge in [0.05, 0.1) is 0 Å². The lowest BCUT2D eigenvalue weighted by atomic mass is 9.88. The number of anilines is 1. The Kier molecular flexibility index (Phi) is 6.49. The van der Waals surface area contributed by atoms with Crippen molar-refractivity contribution in [1.29, 1.82) is 0 Å². The normalized spacial score (nSPS) is 15.8. The molecule has 1 aliphatic rings. The molecule has 2 N–H and O–H groups in total. The van der Waals surface area contributed by atoms with Gasteiger partial charge in [-0.05, 0) is 86.3 Å². The molecule has 1 amide bonds. The van der Waals surface area contributed by atoms with Crippen LogP contribution < -0.4 is 5.73 Å². The molecule has 36 heavy (non-hydrogen) atoms. The molecule has 1 atom stereocenters. The van der Waals surface area contributed by atoms with Gasteiger partial charge in [0.15, 0.2) is 0 Å². The van der Waals surface area contributed by atoms with Crippen LogP contribution in [0.4, 0.5) is 5.82 Å². The number of hydrogen-bond acceptors (Lipinski definition) is 5. The van der Waals surface area contributed by atoms with E-state index in [1.807, 2.05) is 42.7 Å².